The van der Waals surface area contributed by atoms with E-state index in [1.165, 1.54) is 0 Å². The maximum Gasteiger partial charge on any atom is 0.253 e. The van der Waals surface area contributed by atoms with Crippen molar-refractivity contribution in [1.29, 1.82) is 0 Å². The molecule has 0 aliphatic rings. The topological polar surface area (TPSA) is 61.4 Å². The molecule has 1 aromatic carbocycles. The van der Waals surface area contributed by atoms with Crippen LogP contribution in [0.15, 0.2) is 24.3 Å². The first kappa shape index (κ1) is 15.5. The van der Waals surface area contributed by atoms with Gasteiger partial charge < -0.3 is 15.7 Å². The number of anilines is 1. The first-order valence-electron chi connectivity index (χ1n) is 6.98. The van der Waals surface area contributed by atoms with Crippen LogP contribution in [0.4, 0.5) is 5.69 Å². The zero-order valence-electron chi connectivity index (χ0n) is 11.8. The predicted molar refractivity (Wildman–Crippen MR) is 78.5 cm³/mol. The molecule has 1 amide bonds. The van der Waals surface area contributed by atoms with Crippen LogP contribution in [-0.2, 0) is 0 Å². The highest BCUT2D eigenvalue weighted by atomic mass is 16.3. The van der Waals surface area contributed by atoms with Crippen molar-refractivity contribution in [2.24, 2.45) is 0 Å². The van der Waals surface area contributed by atoms with E-state index in [0.717, 1.165) is 18.7 Å². The molecule has 0 saturated carbocycles. The predicted octanol–water partition coefficient (Wildman–Crippen LogP) is 2.40. The van der Waals surface area contributed by atoms with Crippen molar-refractivity contribution in [3.8, 4) is 0 Å². The molecule has 0 aromatic heterocycles. The molecule has 106 valence electrons. The summed E-state index contributed by atoms with van der Waals surface area (Å²) < 4.78 is 0. The molecule has 0 aliphatic heterocycles. The number of aliphatic hydroxyl groups excluding tert-OH is 1. The van der Waals surface area contributed by atoms with Gasteiger partial charge in [-0.2, -0.15) is 0 Å². The minimum absolute atomic E-state index is 0.0949. The fourth-order valence-electron chi connectivity index (χ4n) is 1.75. The van der Waals surface area contributed by atoms with E-state index < -0.39 is 0 Å². The summed E-state index contributed by atoms with van der Waals surface area (Å²) in [5, 5.41) is 15.5. The molecule has 0 bridgehead atoms. The van der Waals surface area contributed by atoms with E-state index in [2.05, 4.69) is 17.6 Å². The molecule has 4 nitrogen and oxygen atoms in total. The number of rotatable bonds is 8. The fourth-order valence-corrected chi connectivity index (χ4v) is 1.75. The van der Waals surface area contributed by atoms with Gasteiger partial charge in [0.2, 0.25) is 0 Å². The van der Waals surface area contributed by atoms with Crippen LogP contribution in [0.25, 0.3) is 0 Å². The van der Waals surface area contributed by atoms with Crippen molar-refractivity contribution in [2.45, 2.75) is 39.2 Å². The van der Waals surface area contributed by atoms with Crippen molar-refractivity contribution in [3.05, 3.63) is 29.8 Å². The van der Waals surface area contributed by atoms with Gasteiger partial charge in [0.05, 0.1) is 11.7 Å². The molecule has 0 aliphatic carbocycles. The number of carbonyl (C=O) groups excluding carboxylic acids is 1. The van der Waals surface area contributed by atoms with Gasteiger partial charge in [-0.25, -0.2) is 0 Å². The molecule has 0 saturated heterocycles. The second-order valence-corrected chi connectivity index (χ2v) is 4.58. The number of para-hydroxylation sites is 1. The van der Waals surface area contributed by atoms with Crippen LogP contribution in [0, 0.1) is 0 Å². The van der Waals surface area contributed by atoms with E-state index in [1.807, 2.05) is 31.2 Å². The van der Waals surface area contributed by atoms with Gasteiger partial charge in [-0.3, -0.25) is 4.79 Å². The molecular weight excluding hydrogens is 240 g/mol. The Morgan fingerprint density at radius 3 is 2.68 bits per heavy atom. The van der Waals surface area contributed by atoms with Crippen molar-refractivity contribution >= 4 is 11.6 Å². The lowest BCUT2D eigenvalue weighted by molar-refractivity contribution is 0.0942. The third-order valence-electron chi connectivity index (χ3n) is 2.97. The zero-order chi connectivity index (χ0) is 14.1. The summed E-state index contributed by atoms with van der Waals surface area (Å²) in [6, 6.07) is 7.48. The average Bonchev–Trinajstić information content (AvgIpc) is 2.45. The number of benzene rings is 1. The minimum atomic E-state index is -0.339. The highest BCUT2D eigenvalue weighted by Crippen LogP contribution is 2.14. The third-order valence-corrected chi connectivity index (χ3v) is 2.97. The van der Waals surface area contributed by atoms with Crippen molar-refractivity contribution in [1.82, 2.24) is 5.32 Å². The van der Waals surface area contributed by atoms with Crippen molar-refractivity contribution < 1.29 is 9.90 Å². The molecule has 0 fully saturated rings. The molecule has 1 rings (SSSR count). The van der Waals surface area contributed by atoms with E-state index in [9.17, 15) is 9.90 Å². The van der Waals surface area contributed by atoms with E-state index in [4.69, 9.17) is 0 Å². The number of carbonyl (C=O) groups is 1. The third kappa shape index (κ3) is 5.30. The Morgan fingerprint density at radius 1 is 1.26 bits per heavy atom. The van der Waals surface area contributed by atoms with Crippen LogP contribution in [0.2, 0.25) is 0 Å². The Labute approximate surface area is 115 Å². The molecule has 1 unspecified atom stereocenters. The second kappa shape index (κ2) is 8.53. The van der Waals surface area contributed by atoms with Crippen LogP contribution in [0.5, 0.6) is 0 Å². The Bertz CT molecular complexity index is 393. The summed E-state index contributed by atoms with van der Waals surface area (Å²) in [7, 11) is 0. The standard InChI is InChI=1S/C15H24N2O2/c1-3-10-16-14-8-6-5-7-13(14)15(19)17-11-9-12(18)4-2/h5-8,12,16,18H,3-4,9-11H2,1-2H3,(H,17,19). The van der Waals surface area contributed by atoms with Crippen LogP contribution in [0.1, 0.15) is 43.5 Å². The number of hydrogen-bond donors (Lipinski definition) is 3. The van der Waals surface area contributed by atoms with Gasteiger partial charge in [-0.1, -0.05) is 26.0 Å². The summed E-state index contributed by atoms with van der Waals surface area (Å²) >= 11 is 0. The fraction of sp³-hybridized carbons (Fsp3) is 0.533. The van der Waals surface area contributed by atoms with E-state index in [1.54, 1.807) is 0 Å². The van der Waals surface area contributed by atoms with Crippen molar-refractivity contribution in [3.63, 3.8) is 0 Å². The first-order valence-corrected chi connectivity index (χ1v) is 6.98. The van der Waals surface area contributed by atoms with Crippen LogP contribution < -0.4 is 10.6 Å². The largest absolute Gasteiger partial charge is 0.393 e. The molecule has 0 heterocycles. The van der Waals surface area contributed by atoms with Crippen LogP contribution in [-0.4, -0.2) is 30.2 Å². The maximum atomic E-state index is 12.1. The van der Waals surface area contributed by atoms with Gasteiger partial charge in [0.15, 0.2) is 0 Å². The van der Waals surface area contributed by atoms with Crippen LogP contribution >= 0.6 is 0 Å². The van der Waals surface area contributed by atoms with Gasteiger partial charge in [-0.05, 0) is 31.4 Å². The summed E-state index contributed by atoms with van der Waals surface area (Å²) in [6.45, 7) is 5.35. The first-order chi connectivity index (χ1) is 9.19. The molecule has 0 spiro atoms. The highest BCUT2D eigenvalue weighted by Gasteiger charge is 2.10. The van der Waals surface area contributed by atoms with Gasteiger partial charge in [0.25, 0.3) is 5.91 Å². The molecule has 4 heteroatoms. The highest BCUT2D eigenvalue weighted by molar-refractivity contribution is 5.99. The average molecular weight is 264 g/mol. The van der Waals surface area contributed by atoms with E-state index in [-0.39, 0.29) is 12.0 Å². The summed E-state index contributed by atoms with van der Waals surface area (Å²) in [5.41, 5.74) is 1.51. The lowest BCUT2D eigenvalue weighted by atomic mass is 10.1. The quantitative estimate of drug-likeness (QED) is 0.675. The lowest BCUT2D eigenvalue weighted by Crippen LogP contribution is -2.27. The van der Waals surface area contributed by atoms with Gasteiger partial charge in [0, 0.05) is 18.8 Å². The minimum Gasteiger partial charge on any atom is -0.393 e. The Kier molecular flexibility index (Phi) is 6.97. The Hall–Kier alpha value is -1.55. The SMILES string of the molecule is CCCNc1ccccc1C(=O)NCCC(O)CC. The molecule has 19 heavy (non-hydrogen) atoms. The normalized spacial score (nSPS) is 11.9. The number of aliphatic hydroxyl groups is 1. The van der Waals surface area contributed by atoms with Gasteiger partial charge >= 0.3 is 0 Å². The Morgan fingerprint density at radius 2 is 2.00 bits per heavy atom. The number of nitrogens with one attached hydrogen (secondary N) is 2. The lowest BCUT2D eigenvalue weighted by Gasteiger charge is -2.12. The number of hydrogen-bond acceptors (Lipinski definition) is 3. The van der Waals surface area contributed by atoms with Crippen molar-refractivity contribution in [2.75, 3.05) is 18.4 Å². The molecule has 3 N–H and O–H groups in total. The van der Waals surface area contributed by atoms with Gasteiger partial charge in [-0.15, -0.1) is 0 Å². The van der Waals surface area contributed by atoms with Crippen LogP contribution in [0.3, 0.4) is 0 Å². The maximum absolute atomic E-state index is 12.1. The summed E-state index contributed by atoms with van der Waals surface area (Å²) in [6.07, 6.45) is 1.98. The second-order valence-electron chi connectivity index (χ2n) is 4.58. The molecule has 1 aromatic rings. The summed E-state index contributed by atoms with van der Waals surface area (Å²) in [5.74, 6) is -0.0949. The molecule has 0 radical (unpaired) electrons. The zero-order valence-corrected chi connectivity index (χ0v) is 11.8. The number of amides is 1. The molecule has 1 atom stereocenters. The molecular formula is C15H24N2O2. The monoisotopic (exact) mass is 264 g/mol. The Balaban J connectivity index is 2.55. The van der Waals surface area contributed by atoms with E-state index in [0.29, 0.717) is 24.9 Å². The smallest absolute Gasteiger partial charge is 0.253 e. The van der Waals surface area contributed by atoms with E-state index >= 15 is 0 Å². The summed E-state index contributed by atoms with van der Waals surface area (Å²) in [4.78, 5) is 12.1. The van der Waals surface area contributed by atoms with Gasteiger partial charge in [0.1, 0.15) is 0 Å².